The van der Waals surface area contributed by atoms with E-state index in [0.29, 0.717) is 18.5 Å². The second-order valence-electron chi connectivity index (χ2n) is 5.91. The molecule has 110 valence electrons. The third-order valence-corrected chi connectivity index (χ3v) is 4.38. The molecule has 0 unspecified atom stereocenters. The van der Waals surface area contributed by atoms with Gasteiger partial charge in [-0.05, 0) is 44.1 Å². The molecule has 1 aliphatic carbocycles. The quantitative estimate of drug-likeness (QED) is 0.897. The topological polar surface area (TPSA) is 46.3 Å². The Balaban J connectivity index is 1.71. The fourth-order valence-corrected chi connectivity index (χ4v) is 2.96. The molecule has 0 saturated heterocycles. The van der Waals surface area contributed by atoms with Gasteiger partial charge in [0.15, 0.2) is 0 Å². The SMILES string of the molecule is CN(C(=O)CCCc1ccccc1)C1CCC(N)CC1. The minimum Gasteiger partial charge on any atom is -0.343 e. The summed E-state index contributed by atoms with van der Waals surface area (Å²) in [6.45, 7) is 0. The number of aryl methyl sites for hydroxylation is 1. The van der Waals surface area contributed by atoms with Gasteiger partial charge in [-0.1, -0.05) is 30.3 Å². The van der Waals surface area contributed by atoms with Crippen molar-refractivity contribution in [3.05, 3.63) is 35.9 Å². The van der Waals surface area contributed by atoms with Crippen molar-refractivity contribution in [2.24, 2.45) is 5.73 Å². The number of amides is 1. The molecule has 0 aliphatic heterocycles. The van der Waals surface area contributed by atoms with Crippen molar-refractivity contribution >= 4 is 5.91 Å². The highest BCUT2D eigenvalue weighted by Crippen LogP contribution is 2.22. The van der Waals surface area contributed by atoms with Gasteiger partial charge < -0.3 is 10.6 Å². The van der Waals surface area contributed by atoms with Crippen LogP contribution in [0.2, 0.25) is 0 Å². The lowest BCUT2D eigenvalue weighted by Gasteiger charge is -2.33. The highest BCUT2D eigenvalue weighted by Gasteiger charge is 2.24. The highest BCUT2D eigenvalue weighted by atomic mass is 16.2. The van der Waals surface area contributed by atoms with Gasteiger partial charge in [0, 0.05) is 25.6 Å². The largest absolute Gasteiger partial charge is 0.343 e. The van der Waals surface area contributed by atoms with Crippen LogP contribution >= 0.6 is 0 Å². The molecule has 2 N–H and O–H groups in total. The van der Waals surface area contributed by atoms with E-state index in [1.54, 1.807) is 0 Å². The van der Waals surface area contributed by atoms with Crippen LogP contribution in [-0.4, -0.2) is 29.9 Å². The number of benzene rings is 1. The number of carbonyl (C=O) groups excluding carboxylic acids is 1. The summed E-state index contributed by atoms with van der Waals surface area (Å²) in [5, 5.41) is 0. The predicted molar refractivity (Wildman–Crippen MR) is 82.4 cm³/mol. The van der Waals surface area contributed by atoms with E-state index in [4.69, 9.17) is 5.73 Å². The van der Waals surface area contributed by atoms with Crippen LogP contribution < -0.4 is 5.73 Å². The average molecular weight is 274 g/mol. The number of hydrogen-bond donors (Lipinski definition) is 1. The summed E-state index contributed by atoms with van der Waals surface area (Å²) >= 11 is 0. The maximum absolute atomic E-state index is 12.2. The van der Waals surface area contributed by atoms with Gasteiger partial charge in [0.2, 0.25) is 5.91 Å². The second kappa shape index (κ2) is 7.44. The molecular formula is C17H26N2O. The first-order valence-corrected chi connectivity index (χ1v) is 7.72. The van der Waals surface area contributed by atoms with Crippen LogP contribution in [0.25, 0.3) is 0 Å². The zero-order valence-electron chi connectivity index (χ0n) is 12.4. The van der Waals surface area contributed by atoms with Gasteiger partial charge in [0.1, 0.15) is 0 Å². The average Bonchev–Trinajstić information content (AvgIpc) is 2.48. The van der Waals surface area contributed by atoms with Gasteiger partial charge >= 0.3 is 0 Å². The van der Waals surface area contributed by atoms with E-state index in [-0.39, 0.29) is 5.91 Å². The van der Waals surface area contributed by atoms with Gasteiger partial charge in [-0.2, -0.15) is 0 Å². The number of nitrogens with two attached hydrogens (primary N) is 1. The van der Waals surface area contributed by atoms with E-state index >= 15 is 0 Å². The smallest absolute Gasteiger partial charge is 0.222 e. The zero-order valence-corrected chi connectivity index (χ0v) is 12.4. The molecule has 1 aliphatic rings. The van der Waals surface area contributed by atoms with E-state index < -0.39 is 0 Å². The van der Waals surface area contributed by atoms with Crippen LogP contribution in [0, 0.1) is 0 Å². The van der Waals surface area contributed by atoms with Crippen LogP contribution in [-0.2, 0) is 11.2 Å². The summed E-state index contributed by atoms with van der Waals surface area (Å²) in [6.07, 6.45) is 6.77. The molecular weight excluding hydrogens is 248 g/mol. The van der Waals surface area contributed by atoms with Crippen LogP contribution in [0.1, 0.15) is 44.1 Å². The molecule has 1 fully saturated rings. The predicted octanol–water partition coefficient (Wildman–Crippen LogP) is 2.74. The zero-order chi connectivity index (χ0) is 14.4. The lowest BCUT2D eigenvalue weighted by atomic mass is 9.91. The lowest BCUT2D eigenvalue weighted by molar-refractivity contribution is -0.132. The number of nitrogens with zero attached hydrogens (tertiary/aromatic N) is 1. The van der Waals surface area contributed by atoms with Crippen LogP contribution in [0.15, 0.2) is 30.3 Å². The second-order valence-corrected chi connectivity index (χ2v) is 5.91. The molecule has 3 nitrogen and oxygen atoms in total. The van der Waals surface area contributed by atoms with Crippen molar-refractivity contribution in [1.82, 2.24) is 4.90 Å². The van der Waals surface area contributed by atoms with Crippen molar-refractivity contribution in [3.8, 4) is 0 Å². The monoisotopic (exact) mass is 274 g/mol. The molecule has 0 radical (unpaired) electrons. The van der Waals surface area contributed by atoms with E-state index in [2.05, 4.69) is 24.3 Å². The fourth-order valence-electron chi connectivity index (χ4n) is 2.96. The fraction of sp³-hybridized carbons (Fsp3) is 0.588. The van der Waals surface area contributed by atoms with Crippen LogP contribution in [0.3, 0.4) is 0 Å². The lowest BCUT2D eigenvalue weighted by Crippen LogP contribution is -2.41. The standard InChI is InChI=1S/C17H26N2O/c1-19(16-12-10-15(18)11-13-16)17(20)9-5-8-14-6-3-2-4-7-14/h2-4,6-7,15-16H,5,8-13,18H2,1H3. The molecule has 1 aromatic carbocycles. The maximum atomic E-state index is 12.2. The van der Waals surface area contributed by atoms with Gasteiger partial charge in [0.25, 0.3) is 0 Å². The third kappa shape index (κ3) is 4.34. The molecule has 0 spiro atoms. The van der Waals surface area contributed by atoms with Gasteiger partial charge in [-0.3, -0.25) is 4.79 Å². The minimum atomic E-state index is 0.279. The Morgan fingerprint density at radius 1 is 1.20 bits per heavy atom. The normalized spacial score (nSPS) is 22.5. The molecule has 2 rings (SSSR count). The van der Waals surface area contributed by atoms with Crippen LogP contribution in [0.5, 0.6) is 0 Å². The molecule has 1 saturated carbocycles. The van der Waals surface area contributed by atoms with E-state index in [0.717, 1.165) is 38.5 Å². The van der Waals surface area contributed by atoms with Crippen molar-refractivity contribution in [2.45, 2.75) is 57.0 Å². The Morgan fingerprint density at radius 2 is 1.85 bits per heavy atom. The Kier molecular flexibility index (Phi) is 5.60. The van der Waals surface area contributed by atoms with Gasteiger partial charge in [0.05, 0.1) is 0 Å². The van der Waals surface area contributed by atoms with Crippen molar-refractivity contribution < 1.29 is 4.79 Å². The number of carbonyl (C=O) groups is 1. The third-order valence-electron chi connectivity index (χ3n) is 4.38. The van der Waals surface area contributed by atoms with E-state index in [1.165, 1.54) is 5.56 Å². The highest BCUT2D eigenvalue weighted by molar-refractivity contribution is 5.76. The Bertz CT molecular complexity index is 410. The molecule has 1 aromatic rings. The minimum absolute atomic E-state index is 0.279. The summed E-state index contributed by atoms with van der Waals surface area (Å²) in [6, 6.07) is 11.1. The van der Waals surface area contributed by atoms with E-state index in [1.807, 2.05) is 18.0 Å². The van der Waals surface area contributed by atoms with E-state index in [9.17, 15) is 4.79 Å². The summed E-state index contributed by atoms with van der Waals surface area (Å²) in [7, 11) is 1.95. The van der Waals surface area contributed by atoms with Crippen LogP contribution in [0.4, 0.5) is 0 Å². The van der Waals surface area contributed by atoms with Crippen molar-refractivity contribution in [1.29, 1.82) is 0 Å². The molecule has 1 amide bonds. The molecule has 0 heterocycles. The molecule has 0 aromatic heterocycles. The molecule has 0 bridgehead atoms. The summed E-state index contributed by atoms with van der Waals surface area (Å²) in [4.78, 5) is 14.2. The Labute approximate surface area is 122 Å². The Morgan fingerprint density at radius 3 is 2.50 bits per heavy atom. The van der Waals surface area contributed by atoms with Crippen molar-refractivity contribution in [2.75, 3.05) is 7.05 Å². The first-order chi connectivity index (χ1) is 9.66. The first-order valence-electron chi connectivity index (χ1n) is 7.72. The summed E-state index contributed by atoms with van der Waals surface area (Å²) in [5.74, 6) is 0.279. The van der Waals surface area contributed by atoms with Gasteiger partial charge in [-0.15, -0.1) is 0 Å². The van der Waals surface area contributed by atoms with Crippen molar-refractivity contribution in [3.63, 3.8) is 0 Å². The summed E-state index contributed by atoms with van der Waals surface area (Å²) < 4.78 is 0. The number of hydrogen-bond acceptors (Lipinski definition) is 2. The number of rotatable bonds is 5. The first kappa shape index (κ1) is 15.0. The van der Waals surface area contributed by atoms with Gasteiger partial charge in [-0.25, -0.2) is 0 Å². The summed E-state index contributed by atoms with van der Waals surface area (Å²) in [5.41, 5.74) is 7.23. The molecule has 0 atom stereocenters. The maximum Gasteiger partial charge on any atom is 0.222 e. The molecule has 3 heteroatoms. The Hall–Kier alpha value is -1.35. The molecule has 20 heavy (non-hydrogen) atoms.